The van der Waals surface area contributed by atoms with E-state index in [-0.39, 0.29) is 11.5 Å². The van der Waals surface area contributed by atoms with Crippen LogP contribution >= 0.6 is 0 Å². The van der Waals surface area contributed by atoms with Crippen molar-refractivity contribution in [3.8, 4) is 0 Å². The molecule has 1 atom stereocenters. The van der Waals surface area contributed by atoms with Gasteiger partial charge in [0.2, 0.25) is 0 Å². The molecule has 1 saturated heterocycles. The predicted molar refractivity (Wildman–Crippen MR) is 77.5 cm³/mol. The van der Waals surface area contributed by atoms with E-state index in [2.05, 4.69) is 16.8 Å². The maximum absolute atomic E-state index is 11.3. The summed E-state index contributed by atoms with van der Waals surface area (Å²) in [4.78, 5) is 18.1. The van der Waals surface area contributed by atoms with Crippen molar-refractivity contribution in [3.05, 3.63) is 23.4 Å². The number of aromatic carboxylic acids is 1. The highest BCUT2D eigenvalue weighted by Gasteiger charge is 2.24. The Morgan fingerprint density at radius 2 is 2.15 bits per heavy atom. The molecular formula is C15H22N2O3. The zero-order valence-corrected chi connectivity index (χ0v) is 12.5. The van der Waals surface area contributed by atoms with Crippen molar-refractivity contribution in [2.24, 2.45) is 0 Å². The largest absolute Gasteiger partial charge is 0.478 e. The van der Waals surface area contributed by atoms with Crippen LogP contribution in [0.1, 0.15) is 43.7 Å². The standard InChI is InChI=1S/C15H22N2O3/c1-10-9-20-6-5-17(10)13-8-11(14(18)19)7-12(16-13)15(2,3)4/h7-8,10H,5-6,9H2,1-4H3,(H,18,19). The second kappa shape index (κ2) is 5.40. The van der Waals surface area contributed by atoms with E-state index in [9.17, 15) is 9.90 Å². The third kappa shape index (κ3) is 3.10. The molecule has 20 heavy (non-hydrogen) atoms. The summed E-state index contributed by atoms with van der Waals surface area (Å²) in [6.45, 7) is 10.2. The summed E-state index contributed by atoms with van der Waals surface area (Å²) in [5.74, 6) is -0.189. The van der Waals surface area contributed by atoms with E-state index in [4.69, 9.17) is 4.74 Å². The van der Waals surface area contributed by atoms with Gasteiger partial charge in [-0.2, -0.15) is 0 Å². The van der Waals surface area contributed by atoms with E-state index >= 15 is 0 Å². The van der Waals surface area contributed by atoms with Gasteiger partial charge >= 0.3 is 5.97 Å². The molecule has 5 heteroatoms. The minimum absolute atomic E-state index is 0.185. The number of rotatable bonds is 2. The number of pyridine rings is 1. The molecule has 0 aliphatic carbocycles. The highest BCUT2D eigenvalue weighted by Crippen LogP contribution is 2.26. The third-order valence-corrected chi connectivity index (χ3v) is 3.49. The van der Waals surface area contributed by atoms with E-state index in [0.29, 0.717) is 18.8 Å². The fourth-order valence-electron chi connectivity index (χ4n) is 2.24. The van der Waals surface area contributed by atoms with Crippen molar-refractivity contribution >= 4 is 11.8 Å². The fraction of sp³-hybridized carbons (Fsp3) is 0.600. The number of carboxylic acids is 1. The maximum atomic E-state index is 11.3. The summed E-state index contributed by atoms with van der Waals surface area (Å²) >= 11 is 0. The predicted octanol–water partition coefficient (Wildman–Crippen LogP) is 2.30. The van der Waals surface area contributed by atoms with Crippen LogP contribution in [-0.2, 0) is 10.2 Å². The van der Waals surface area contributed by atoms with E-state index in [1.54, 1.807) is 12.1 Å². The SMILES string of the molecule is CC1COCCN1c1cc(C(=O)O)cc(C(C)(C)C)n1. The average molecular weight is 278 g/mol. The molecule has 0 saturated carbocycles. The summed E-state index contributed by atoms with van der Waals surface area (Å²) in [6, 6.07) is 3.52. The second-order valence-electron chi connectivity index (χ2n) is 6.27. The molecule has 2 heterocycles. The molecule has 1 N–H and O–H groups in total. The molecule has 1 aliphatic rings. The highest BCUT2D eigenvalue weighted by atomic mass is 16.5. The number of carbonyl (C=O) groups is 1. The Bertz CT molecular complexity index is 508. The fourth-order valence-corrected chi connectivity index (χ4v) is 2.24. The van der Waals surface area contributed by atoms with Gasteiger partial charge in [-0.25, -0.2) is 9.78 Å². The molecular weight excluding hydrogens is 256 g/mol. The molecule has 1 fully saturated rings. The van der Waals surface area contributed by atoms with Crippen LogP contribution in [0.5, 0.6) is 0 Å². The molecule has 1 aromatic rings. The lowest BCUT2D eigenvalue weighted by Crippen LogP contribution is -2.44. The number of carboxylic acid groups (broad SMARTS) is 1. The van der Waals surface area contributed by atoms with Crippen molar-refractivity contribution in [2.45, 2.75) is 39.2 Å². The lowest BCUT2D eigenvalue weighted by atomic mass is 9.90. The molecule has 2 rings (SSSR count). The number of morpholine rings is 1. The maximum Gasteiger partial charge on any atom is 0.335 e. The van der Waals surface area contributed by atoms with Crippen molar-refractivity contribution in [2.75, 3.05) is 24.7 Å². The Hall–Kier alpha value is -1.62. The van der Waals surface area contributed by atoms with Gasteiger partial charge in [0.25, 0.3) is 0 Å². The number of hydrogen-bond acceptors (Lipinski definition) is 4. The van der Waals surface area contributed by atoms with Gasteiger partial charge in [0.05, 0.1) is 24.8 Å². The van der Waals surface area contributed by atoms with Gasteiger partial charge in [-0.05, 0) is 19.1 Å². The normalized spacial score (nSPS) is 20.0. The topological polar surface area (TPSA) is 62.7 Å². The number of hydrogen-bond donors (Lipinski definition) is 1. The summed E-state index contributed by atoms with van der Waals surface area (Å²) in [7, 11) is 0. The Kier molecular flexibility index (Phi) is 3.99. The van der Waals surface area contributed by atoms with Crippen molar-refractivity contribution < 1.29 is 14.6 Å². The van der Waals surface area contributed by atoms with Crippen molar-refractivity contribution in [1.82, 2.24) is 4.98 Å². The van der Waals surface area contributed by atoms with E-state index in [0.717, 1.165) is 18.1 Å². The lowest BCUT2D eigenvalue weighted by molar-refractivity contribution is 0.0696. The molecule has 0 spiro atoms. The van der Waals surface area contributed by atoms with Crippen LogP contribution in [0.25, 0.3) is 0 Å². The summed E-state index contributed by atoms with van der Waals surface area (Å²) < 4.78 is 5.42. The average Bonchev–Trinajstić information content (AvgIpc) is 2.37. The lowest BCUT2D eigenvalue weighted by Gasteiger charge is -2.35. The van der Waals surface area contributed by atoms with E-state index < -0.39 is 5.97 Å². The number of nitrogens with zero attached hydrogens (tertiary/aromatic N) is 2. The number of aromatic nitrogens is 1. The number of anilines is 1. The zero-order valence-electron chi connectivity index (χ0n) is 12.5. The van der Waals surface area contributed by atoms with Gasteiger partial charge in [-0.1, -0.05) is 20.8 Å². The van der Waals surface area contributed by atoms with Gasteiger partial charge in [0, 0.05) is 17.7 Å². The van der Waals surface area contributed by atoms with E-state index in [1.807, 2.05) is 20.8 Å². The van der Waals surface area contributed by atoms with Crippen LogP contribution in [0, 0.1) is 0 Å². The monoisotopic (exact) mass is 278 g/mol. The van der Waals surface area contributed by atoms with Gasteiger partial charge in [0.1, 0.15) is 5.82 Å². The molecule has 1 aromatic heterocycles. The quantitative estimate of drug-likeness (QED) is 0.899. The van der Waals surface area contributed by atoms with E-state index in [1.165, 1.54) is 0 Å². The van der Waals surface area contributed by atoms with Crippen LogP contribution in [0.3, 0.4) is 0 Å². The van der Waals surface area contributed by atoms with Gasteiger partial charge < -0.3 is 14.7 Å². The van der Waals surface area contributed by atoms with Crippen LogP contribution in [-0.4, -0.2) is 41.9 Å². The number of ether oxygens (including phenoxy) is 1. The second-order valence-corrected chi connectivity index (χ2v) is 6.27. The highest BCUT2D eigenvalue weighted by molar-refractivity contribution is 5.88. The minimum Gasteiger partial charge on any atom is -0.478 e. The molecule has 1 aliphatic heterocycles. The van der Waals surface area contributed by atoms with Gasteiger partial charge in [-0.15, -0.1) is 0 Å². The first-order chi connectivity index (χ1) is 9.29. The Morgan fingerprint density at radius 3 is 2.70 bits per heavy atom. The first-order valence-electron chi connectivity index (χ1n) is 6.89. The Morgan fingerprint density at radius 1 is 1.45 bits per heavy atom. The Labute approximate surface area is 119 Å². The molecule has 0 bridgehead atoms. The van der Waals surface area contributed by atoms with Crippen LogP contribution in [0.4, 0.5) is 5.82 Å². The van der Waals surface area contributed by atoms with Crippen LogP contribution in [0.15, 0.2) is 12.1 Å². The Balaban J connectivity index is 2.46. The zero-order chi connectivity index (χ0) is 14.9. The van der Waals surface area contributed by atoms with Crippen molar-refractivity contribution in [1.29, 1.82) is 0 Å². The third-order valence-electron chi connectivity index (χ3n) is 3.49. The summed E-state index contributed by atoms with van der Waals surface area (Å²) in [5.41, 5.74) is 0.903. The summed E-state index contributed by atoms with van der Waals surface area (Å²) in [6.07, 6.45) is 0. The first kappa shape index (κ1) is 14.8. The summed E-state index contributed by atoms with van der Waals surface area (Å²) in [5, 5.41) is 9.29. The molecule has 0 radical (unpaired) electrons. The minimum atomic E-state index is -0.917. The molecule has 0 amide bonds. The molecule has 110 valence electrons. The van der Waals surface area contributed by atoms with Gasteiger partial charge in [0.15, 0.2) is 0 Å². The molecule has 0 aromatic carbocycles. The molecule has 5 nitrogen and oxygen atoms in total. The smallest absolute Gasteiger partial charge is 0.335 e. The first-order valence-corrected chi connectivity index (χ1v) is 6.89. The molecule has 1 unspecified atom stereocenters. The van der Waals surface area contributed by atoms with Crippen LogP contribution in [0.2, 0.25) is 0 Å². The van der Waals surface area contributed by atoms with Crippen LogP contribution < -0.4 is 4.90 Å². The van der Waals surface area contributed by atoms with Crippen molar-refractivity contribution in [3.63, 3.8) is 0 Å². The van der Waals surface area contributed by atoms with Gasteiger partial charge in [-0.3, -0.25) is 0 Å².